The maximum Gasteiger partial charge on any atom is 0.193 e. The van der Waals surface area contributed by atoms with E-state index in [1.807, 2.05) is 18.2 Å². The van der Waals surface area contributed by atoms with E-state index < -0.39 is 0 Å². The van der Waals surface area contributed by atoms with Gasteiger partial charge in [-0.2, -0.15) is 0 Å². The topological polar surface area (TPSA) is 46.1 Å². The first-order chi connectivity index (χ1) is 13.0. The lowest BCUT2D eigenvalue weighted by atomic mass is 9.85. The monoisotopic (exact) mass is 395 g/mol. The van der Waals surface area contributed by atoms with Crippen molar-refractivity contribution in [3.05, 3.63) is 34.9 Å². The van der Waals surface area contributed by atoms with Gasteiger partial charge in [0.2, 0.25) is 0 Å². The van der Waals surface area contributed by atoms with Crippen molar-refractivity contribution in [3.8, 4) is 0 Å². The summed E-state index contributed by atoms with van der Waals surface area (Å²) >= 11 is 6.17. The van der Waals surface area contributed by atoms with Crippen molar-refractivity contribution in [2.75, 3.05) is 53.1 Å². The third-order valence-electron chi connectivity index (χ3n) is 4.94. The maximum atomic E-state index is 6.17. The minimum Gasteiger partial charge on any atom is -0.382 e. The van der Waals surface area contributed by atoms with Crippen LogP contribution < -0.4 is 5.32 Å². The number of likely N-dealkylation sites (tertiary alicyclic amines) is 1. The van der Waals surface area contributed by atoms with Crippen LogP contribution in [0.15, 0.2) is 29.3 Å². The number of ether oxygens (including phenoxy) is 2. The fraction of sp³-hybridized carbons (Fsp3) is 0.667. The molecule has 0 aliphatic carbocycles. The van der Waals surface area contributed by atoms with E-state index in [0.717, 1.165) is 43.6 Å². The van der Waals surface area contributed by atoms with Gasteiger partial charge in [-0.25, -0.2) is 0 Å². The van der Waals surface area contributed by atoms with E-state index >= 15 is 0 Å². The summed E-state index contributed by atoms with van der Waals surface area (Å²) in [5.41, 5.74) is 1.13. The molecule has 6 heteroatoms. The molecule has 0 saturated carbocycles. The largest absolute Gasteiger partial charge is 0.382 e. The van der Waals surface area contributed by atoms with Gasteiger partial charge in [0, 0.05) is 43.1 Å². The van der Waals surface area contributed by atoms with Crippen LogP contribution >= 0.6 is 11.6 Å². The lowest BCUT2D eigenvalue weighted by Gasteiger charge is -2.26. The van der Waals surface area contributed by atoms with Gasteiger partial charge in [-0.3, -0.25) is 4.99 Å². The van der Waals surface area contributed by atoms with Crippen molar-refractivity contribution in [2.24, 2.45) is 10.9 Å². The van der Waals surface area contributed by atoms with Gasteiger partial charge in [-0.1, -0.05) is 37.6 Å². The van der Waals surface area contributed by atoms with Gasteiger partial charge in [-0.15, -0.1) is 0 Å². The molecule has 1 saturated heterocycles. The molecule has 0 bridgehead atoms. The number of methoxy groups -OCH3 is 1. The van der Waals surface area contributed by atoms with Crippen molar-refractivity contribution in [2.45, 2.75) is 32.6 Å². The third-order valence-corrected chi connectivity index (χ3v) is 5.17. The molecule has 1 aliphatic rings. The van der Waals surface area contributed by atoms with E-state index in [0.29, 0.717) is 25.7 Å². The molecule has 1 atom stereocenters. The summed E-state index contributed by atoms with van der Waals surface area (Å²) < 4.78 is 10.7. The van der Waals surface area contributed by atoms with Crippen LogP contribution in [0.1, 0.15) is 32.8 Å². The minimum absolute atomic E-state index is 0.0754. The van der Waals surface area contributed by atoms with Gasteiger partial charge in [0.25, 0.3) is 0 Å². The molecular formula is C21H34ClN3O2. The van der Waals surface area contributed by atoms with Gasteiger partial charge < -0.3 is 19.7 Å². The molecule has 1 heterocycles. The first kappa shape index (κ1) is 22.0. The molecule has 0 radical (unpaired) electrons. The van der Waals surface area contributed by atoms with Crippen LogP contribution in [0.3, 0.4) is 0 Å². The Balaban J connectivity index is 1.96. The summed E-state index contributed by atoms with van der Waals surface area (Å²) in [5.74, 6) is 1.54. The van der Waals surface area contributed by atoms with Gasteiger partial charge in [-0.05, 0) is 31.0 Å². The van der Waals surface area contributed by atoms with Gasteiger partial charge in [0.1, 0.15) is 0 Å². The summed E-state index contributed by atoms with van der Waals surface area (Å²) in [6.07, 6.45) is 1.13. The first-order valence-electron chi connectivity index (χ1n) is 9.82. The molecule has 5 nitrogen and oxygen atoms in total. The molecule has 1 fully saturated rings. The lowest BCUT2D eigenvalue weighted by molar-refractivity contribution is 0.0536. The molecule has 152 valence electrons. The quantitative estimate of drug-likeness (QED) is 0.394. The van der Waals surface area contributed by atoms with Gasteiger partial charge in [0.05, 0.1) is 26.4 Å². The molecule has 1 N–H and O–H groups in total. The van der Waals surface area contributed by atoms with E-state index in [1.54, 1.807) is 7.11 Å². The second kappa shape index (κ2) is 10.9. The molecule has 0 spiro atoms. The second-order valence-corrected chi connectivity index (χ2v) is 8.17. The zero-order valence-corrected chi connectivity index (χ0v) is 17.9. The number of hydrogen-bond acceptors (Lipinski definition) is 3. The number of halogens is 1. The molecule has 0 amide bonds. The summed E-state index contributed by atoms with van der Waals surface area (Å²) in [5, 5.41) is 4.22. The van der Waals surface area contributed by atoms with Crippen molar-refractivity contribution in [1.82, 2.24) is 10.2 Å². The molecule has 27 heavy (non-hydrogen) atoms. The van der Waals surface area contributed by atoms with Crippen molar-refractivity contribution >= 4 is 17.6 Å². The van der Waals surface area contributed by atoms with Crippen LogP contribution in [0.25, 0.3) is 0 Å². The number of guanidine groups is 1. The van der Waals surface area contributed by atoms with Gasteiger partial charge >= 0.3 is 0 Å². The van der Waals surface area contributed by atoms with Crippen LogP contribution in [0.4, 0.5) is 0 Å². The van der Waals surface area contributed by atoms with E-state index in [-0.39, 0.29) is 5.41 Å². The van der Waals surface area contributed by atoms with E-state index in [2.05, 4.69) is 37.1 Å². The summed E-state index contributed by atoms with van der Waals surface area (Å²) in [4.78, 5) is 7.29. The molecule has 1 aliphatic heterocycles. The molecule has 0 aromatic heterocycles. The fourth-order valence-corrected chi connectivity index (χ4v) is 3.44. The normalized spacial score (nSPS) is 18.2. The Morgan fingerprint density at radius 1 is 1.37 bits per heavy atom. The van der Waals surface area contributed by atoms with Crippen molar-refractivity contribution in [1.29, 1.82) is 0 Å². The zero-order chi connectivity index (χ0) is 19.7. The highest BCUT2D eigenvalue weighted by atomic mass is 35.5. The Morgan fingerprint density at radius 2 is 2.19 bits per heavy atom. The Morgan fingerprint density at radius 3 is 2.89 bits per heavy atom. The fourth-order valence-electron chi connectivity index (χ4n) is 3.25. The number of nitrogens with one attached hydrogen (secondary N) is 1. The smallest absolute Gasteiger partial charge is 0.193 e. The Bertz CT molecular complexity index is 607. The van der Waals surface area contributed by atoms with E-state index in [4.69, 9.17) is 26.1 Å². The average Bonchev–Trinajstić information content (AvgIpc) is 3.11. The number of hydrogen-bond donors (Lipinski definition) is 1. The lowest BCUT2D eigenvalue weighted by Crippen LogP contribution is -2.41. The third kappa shape index (κ3) is 6.98. The van der Waals surface area contributed by atoms with Crippen molar-refractivity contribution < 1.29 is 9.47 Å². The van der Waals surface area contributed by atoms with Crippen LogP contribution in [-0.4, -0.2) is 64.0 Å². The van der Waals surface area contributed by atoms with Crippen LogP contribution in [0, 0.1) is 5.92 Å². The number of rotatable bonds is 9. The van der Waals surface area contributed by atoms with Crippen LogP contribution in [-0.2, 0) is 14.9 Å². The van der Waals surface area contributed by atoms with Crippen LogP contribution in [0.5, 0.6) is 0 Å². The number of nitrogens with zero attached hydrogens (tertiary/aromatic N) is 2. The van der Waals surface area contributed by atoms with E-state index in [1.165, 1.54) is 5.56 Å². The van der Waals surface area contributed by atoms with Crippen molar-refractivity contribution in [3.63, 3.8) is 0 Å². The summed E-state index contributed by atoms with van der Waals surface area (Å²) in [6, 6.07) is 8.07. The molecular weight excluding hydrogens is 362 g/mol. The summed E-state index contributed by atoms with van der Waals surface area (Å²) in [7, 11) is 1.70. The highest BCUT2D eigenvalue weighted by Crippen LogP contribution is 2.26. The summed E-state index contributed by atoms with van der Waals surface area (Å²) in [6.45, 7) is 12.2. The standard InChI is InChI=1S/C21H34ClN3O2/c1-5-23-20(25-10-9-17(14-25)15-27-12-11-26-4)24-16-21(2,3)18-7-6-8-19(22)13-18/h6-8,13,17H,5,9-12,14-16H2,1-4H3,(H,23,24). The number of aliphatic imine (C=N–C) groups is 1. The Labute approximate surface area is 169 Å². The minimum atomic E-state index is -0.0754. The zero-order valence-electron chi connectivity index (χ0n) is 17.1. The molecule has 1 aromatic carbocycles. The van der Waals surface area contributed by atoms with E-state index in [9.17, 15) is 0 Å². The SMILES string of the molecule is CCNC(=NCC(C)(C)c1cccc(Cl)c1)N1CCC(COCCOC)C1. The maximum absolute atomic E-state index is 6.17. The predicted octanol–water partition coefficient (Wildman–Crippen LogP) is 3.57. The Kier molecular flexibility index (Phi) is 8.87. The molecule has 1 aromatic rings. The highest BCUT2D eigenvalue weighted by molar-refractivity contribution is 6.30. The molecule has 2 rings (SSSR count). The van der Waals surface area contributed by atoms with Gasteiger partial charge in [0.15, 0.2) is 5.96 Å². The first-order valence-corrected chi connectivity index (χ1v) is 10.2. The highest BCUT2D eigenvalue weighted by Gasteiger charge is 2.26. The van der Waals surface area contributed by atoms with Crippen LogP contribution in [0.2, 0.25) is 5.02 Å². The number of benzene rings is 1. The second-order valence-electron chi connectivity index (χ2n) is 7.73. The molecule has 1 unspecified atom stereocenters. The average molecular weight is 396 g/mol. The Hall–Kier alpha value is -1.30. The predicted molar refractivity (Wildman–Crippen MR) is 113 cm³/mol.